The highest BCUT2D eigenvalue weighted by Crippen LogP contribution is 2.27. The van der Waals surface area contributed by atoms with Gasteiger partial charge in [-0.15, -0.1) is 0 Å². The Morgan fingerprint density at radius 1 is 1.08 bits per heavy atom. The first kappa shape index (κ1) is 17.5. The van der Waals surface area contributed by atoms with Crippen molar-refractivity contribution in [3.05, 3.63) is 33.8 Å². The molecule has 2 aliphatic rings. The summed E-state index contributed by atoms with van der Waals surface area (Å²) < 4.78 is 0. The number of hydrogen-bond acceptors (Lipinski definition) is 3. The van der Waals surface area contributed by atoms with Gasteiger partial charge in [-0.1, -0.05) is 23.2 Å². The number of nitrogens with zero attached hydrogens (tertiary/aromatic N) is 2. The zero-order valence-electron chi connectivity index (χ0n) is 13.4. The molecule has 5 nitrogen and oxygen atoms in total. The highest BCUT2D eigenvalue weighted by molar-refractivity contribution is 6.35. The van der Waals surface area contributed by atoms with Crippen LogP contribution in [-0.4, -0.2) is 60.4 Å². The molecular weight excluding hydrogens is 349 g/mol. The van der Waals surface area contributed by atoms with Crippen molar-refractivity contribution in [1.82, 2.24) is 15.1 Å². The second-order valence-corrected chi connectivity index (χ2v) is 7.05. The zero-order chi connectivity index (χ0) is 17.1. The zero-order valence-corrected chi connectivity index (χ0v) is 14.9. The average molecular weight is 370 g/mol. The Hall–Kier alpha value is -1.30. The lowest BCUT2D eigenvalue weighted by molar-refractivity contribution is -0.135. The third-order valence-corrected chi connectivity index (χ3v) is 5.17. The molecule has 24 heavy (non-hydrogen) atoms. The van der Waals surface area contributed by atoms with Gasteiger partial charge in [-0.3, -0.25) is 9.59 Å². The summed E-state index contributed by atoms with van der Waals surface area (Å²) in [5, 5.41) is 4.11. The summed E-state index contributed by atoms with van der Waals surface area (Å²) in [6.45, 7) is 3.73. The Kier molecular flexibility index (Phi) is 5.64. The number of benzene rings is 1. The molecule has 0 aliphatic carbocycles. The van der Waals surface area contributed by atoms with Crippen molar-refractivity contribution in [1.29, 1.82) is 0 Å². The quantitative estimate of drug-likeness (QED) is 0.870. The molecule has 2 saturated heterocycles. The first-order valence-corrected chi connectivity index (χ1v) is 9.09. The van der Waals surface area contributed by atoms with Crippen LogP contribution in [0.3, 0.4) is 0 Å². The van der Waals surface area contributed by atoms with E-state index in [1.54, 1.807) is 23.1 Å². The van der Waals surface area contributed by atoms with Crippen molar-refractivity contribution in [2.45, 2.75) is 25.3 Å². The molecule has 2 aliphatic heterocycles. The number of rotatable bonds is 2. The Morgan fingerprint density at radius 3 is 2.75 bits per heavy atom. The number of hydrogen-bond donors (Lipinski definition) is 1. The van der Waals surface area contributed by atoms with Crippen LogP contribution < -0.4 is 5.32 Å². The second-order valence-electron chi connectivity index (χ2n) is 6.21. The van der Waals surface area contributed by atoms with E-state index in [2.05, 4.69) is 5.32 Å². The summed E-state index contributed by atoms with van der Waals surface area (Å²) in [7, 11) is 0. The van der Waals surface area contributed by atoms with E-state index < -0.39 is 6.04 Å². The Bertz CT molecular complexity index is 630. The first-order chi connectivity index (χ1) is 11.6. The lowest BCUT2D eigenvalue weighted by Crippen LogP contribution is -2.48. The van der Waals surface area contributed by atoms with Crippen LogP contribution >= 0.6 is 23.2 Å². The molecule has 130 valence electrons. The average Bonchev–Trinajstić information content (AvgIpc) is 2.90. The minimum absolute atomic E-state index is 0.0442. The van der Waals surface area contributed by atoms with Crippen LogP contribution in [0.15, 0.2) is 18.2 Å². The molecule has 2 amide bonds. The third kappa shape index (κ3) is 3.68. The van der Waals surface area contributed by atoms with Crippen molar-refractivity contribution < 1.29 is 9.59 Å². The highest BCUT2D eigenvalue weighted by atomic mass is 35.5. The topological polar surface area (TPSA) is 52.7 Å². The van der Waals surface area contributed by atoms with Crippen molar-refractivity contribution in [3.63, 3.8) is 0 Å². The number of carbonyl (C=O) groups excluding carboxylic acids is 2. The van der Waals surface area contributed by atoms with Crippen LogP contribution in [0, 0.1) is 0 Å². The summed E-state index contributed by atoms with van der Waals surface area (Å²) in [6.07, 6.45) is 2.46. The fourth-order valence-electron chi connectivity index (χ4n) is 3.36. The van der Waals surface area contributed by atoms with Crippen LogP contribution in [0.4, 0.5) is 0 Å². The molecule has 1 N–H and O–H groups in total. The van der Waals surface area contributed by atoms with Crippen LogP contribution in [0.5, 0.6) is 0 Å². The Labute approximate surface area is 151 Å². The molecule has 1 aromatic rings. The molecule has 2 heterocycles. The lowest BCUT2D eigenvalue weighted by Gasteiger charge is -2.29. The maximum atomic E-state index is 12.9. The molecule has 1 aromatic carbocycles. The summed E-state index contributed by atoms with van der Waals surface area (Å²) >= 11 is 12.2. The minimum Gasteiger partial charge on any atom is -0.340 e. The molecule has 0 saturated carbocycles. The summed E-state index contributed by atoms with van der Waals surface area (Å²) in [6, 6.07) is 4.44. The fraction of sp³-hybridized carbons (Fsp3) is 0.529. The van der Waals surface area contributed by atoms with Crippen LogP contribution in [0.2, 0.25) is 10.0 Å². The SMILES string of the molecule is O=C(C1CCCN1C(=O)c1cc(Cl)ccc1Cl)N1CCCNCC1. The molecule has 0 radical (unpaired) electrons. The lowest BCUT2D eigenvalue weighted by atomic mass is 10.1. The monoisotopic (exact) mass is 369 g/mol. The molecule has 7 heteroatoms. The number of likely N-dealkylation sites (tertiary alicyclic amines) is 1. The number of halogens is 2. The first-order valence-electron chi connectivity index (χ1n) is 8.33. The van der Waals surface area contributed by atoms with Gasteiger partial charge in [0.2, 0.25) is 5.91 Å². The van der Waals surface area contributed by atoms with Gasteiger partial charge >= 0.3 is 0 Å². The fourth-order valence-corrected chi connectivity index (χ4v) is 3.73. The van der Waals surface area contributed by atoms with Gasteiger partial charge in [0.1, 0.15) is 6.04 Å². The van der Waals surface area contributed by atoms with E-state index in [9.17, 15) is 9.59 Å². The predicted molar refractivity (Wildman–Crippen MR) is 94.6 cm³/mol. The molecular formula is C17H21Cl2N3O2. The summed E-state index contributed by atoms with van der Waals surface area (Å²) in [4.78, 5) is 29.3. The Balaban J connectivity index is 1.78. The smallest absolute Gasteiger partial charge is 0.256 e. The van der Waals surface area contributed by atoms with Gasteiger partial charge in [-0.05, 0) is 44.0 Å². The highest BCUT2D eigenvalue weighted by Gasteiger charge is 2.37. The van der Waals surface area contributed by atoms with Crippen LogP contribution in [0.1, 0.15) is 29.6 Å². The Morgan fingerprint density at radius 2 is 1.92 bits per heavy atom. The second kappa shape index (κ2) is 7.72. The summed E-state index contributed by atoms with van der Waals surface area (Å²) in [5.41, 5.74) is 0.362. The molecule has 1 atom stereocenters. The van der Waals surface area contributed by atoms with Gasteiger partial charge in [0.05, 0.1) is 10.6 Å². The van der Waals surface area contributed by atoms with Gasteiger partial charge in [0.15, 0.2) is 0 Å². The minimum atomic E-state index is -0.398. The predicted octanol–water partition coefficient (Wildman–Crippen LogP) is 2.42. The van der Waals surface area contributed by atoms with Crippen molar-refractivity contribution >= 4 is 35.0 Å². The van der Waals surface area contributed by atoms with E-state index >= 15 is 0 Å². The largest absolute Gasteiger partial charge is 0.340 e. The molecule has 1 unspecified atom stereocenters. The van der Waals surface area contributed by atoms with E-state index in [0.29, 0.717) is 35.1 Å². The van der Waals surface area contributed by atoms with Gasteiger partial charge in [-0.2, -0.15) is 0 Å². The maximum Gasteiger partial charge on any atom is 0.256 e. The molecule has 0 bridgehead atoms. The number of carbonyl (C=O) groups is 2. The third-order valence-electron chi connectivity index (χ3n) is 4.61. The van der Waals surface area contributed by atoms with E-state index in [1.807, 2.05) is 4.90 Å². The molecule has 3 rings (SSSR count). The standard InChI is InChI=1S/C17H21Cl2N3O2/c18-12-4-5-14(19)13(11-12)16(23)22-9-1-3-15(22)17(24)21-8-2-6-20-7-10-21/h4-5,11,15,20H,1-3,6-10H2. The van der Waals surface area contributed by atoms with E-state index in [1.165, 1.54) is 0 Å². The van der Waals surface area contributed by atoms with Gasteiger partial charge in [0.25, 0.3) is 5.91 Å². The van der Waals surface area contributed by atoms with Crippen LogP contribution in [0.25, 0.3) is 0 Å². The van der Waals surface area contributed by atoms with E-state index in [4.69, 9.17) is 23.2 Å². The van der Waals surface area contributed by atoms with E-state index in [-0.39, 0.29) is 11.8 Å². The van der Waals surface area contributed by atoms with Gasteiger partial charge in [0, 0.05) is 31.2 Å². The number of nitrogens with one attached hydrogen (secondary N) is 1. The van der Waals surface area contributed by atoms with Gasteiger partial charge < -0.3 is 15.1 Å². The van der Waals surface area contributed by atoms with Gasteiger partial charge in [-0.25, -0.2) is 0 Å². The molecule has 2 fully saturated rings. The van der Waals surface area contributed by atoms with Crippen molar-refractivity contribution in [3.8, 4) is 0 Å². The molecule has 0 spiro atoms. The summed E-state index contributed by atoms with van der Waals surface area (Å²) in [5.74, 6) is -0.172. The normalized spacial score (nSPS) is 21.7. The van der Waals surface area contributed by atoms with E-state index in [0.717, 1.165) is 32.5 Å². The van der Waals surface area contributed by atoms with Crippen LogP contribution in [-0.2, 0) is 4.79 Å². The van der Waals surface area contributed by atoms with Crippen molar-refractivity contribution in [2.24, 2.45) is 0 Å². The van der Waals surface area contributed by atoms with Crippen molar-refractivity contribution in [2.75, 3.05) is 32.7 Å². The number of amides is 2. The molecule has 0 aromatic heterocycles. The maximum absolute atomic E-state index is 12.9.